The Balaban J connectivity index is 1.85. The summed E-state index contributed by atoms with van der Waals surface area (Å²) < 4.78 is 6.91. The molecule has 1 amide bonds. The second-order valence-corrected chi connectivity index (χ2v) is 6.95. The molecule has 2 aromatic carbocycles. The van der Waals surface area contributed by atoms with Crippen LogP contribution in [0.4, 0.5) is 5.69 Å². The Hall–Kier alpha value is -2.51. The van der Waals surface area contributed by atoms with Gasteiger partial charge in [-0.25, -0.2) is 0 Å². The summed E-state index contributed by atoms with van der Waals surface area (Å²) in [7, 11) is 3.38. The molecule has 0 unspecified atom stereocenters. The van der Waals surface area contributed by atoms with Gasteiger partial charge in [-0.1, -0.05) is 53.7 Å². The Morgan fingerprint density at radius 2 is 2.04 bits per heavy atom. The largest absolute Gasteiger partial charge is 0.495 e. The molecule has 0 bridgehead atoms. The number of hydrogen-bond acceptors (Lipinski definition) is 5. The average Bonchev–Trinajstić information content (AvgIpc) is 3.05. The standard InChI is InChI=1S/C18H17ClN4O2S/c1-23-11-20-22-18(23)26-16(12-6-4-3-5-7-12)17(24)21-13-8-9-15(25-2)14(19)10-13/h3-11,16H,1-2H3,(H,21,24)/t16-/m0/s1. The monoisotopic (exact) mass is 388 g/mol. The van der Waals surface area contributed by atoms with E-state index in [-0.39, 0.29) is 5.91 Å². The van der Waals surface area contributed by atoms with Crippen LogP contribution in [0.5, 0.6) is 5.75 Å². The Kier molecular flexibility index (Phi) is 5.80. The number of carbonyl (C=O) groups is 1. The second kappa shape index (κ2) is 8.25. The molecule has 0 aliphatic carbocycles. The van der Waals surface area contributed by atoms with E-state index in [2.05, 4.69) is 15.5 Å². The van der Waals surface area contributed by atoms with Crippen LogP contribution in [-0.2, 0) is 11.8 Å². The highest BCUT2D eigenvalue weighted by atomic mass is 35.5. The highest BCUT2D eigenvalue weighted by molar-refractivity contribution is 8.00. The molecule has 1 heterocycles. The number of halogens is 1. The molecule has 1 aromatic heterocycles. The highest BCUT2D eigenvalue weighted by Crippen LogP contribution is 2.35. The van der Waals surface area contributed by atoms with Gasteiger partial charge in [-0.3, -0.25) is 4.79 Å². The first-order valence-electron chi connectivity index (χ1n) is 7.78. The van der Waals surface area contributed by atoms with Gasteiger partial charge in [-0.2, -0.15) is 0 Å². The predicted octanol–water partition coefficient (Wildman–Crippen LogP) is 3.95. The van der Waals surface area contributed by atoms with Crippen LogP contribution < -0.4 is 10.1 Å². The van der Waals surface area contributed by atoms with Crippen LogP contribution in [0.25, 0.3) is 0 Å². The lowest BCUT2D eigenvalue weighted by molar-refractivity contribution is -0.115. The summed E-state index contributed by atoms with van der Waals surface area (Å²) in [5.41, 5.74) is 1.47. The number of benzene rings is 2. The molecule has 3 rings (SSSR count). The van der Waals surface area contributed by atoms with Crippen LogP contribution in [-0.4, -0.2) is 27.8 Å². The number of nitrogens with zero attached hydrogens (tertiary/aromatic N) is 3. The van der Waals surface area contributed by atoms with E-state index >= 15 is 0 Å². The lowest BCUT2D eigenvalue weighted by Gasteiger charge is -2.17. The topological polar surface area (TPSA) is 69.0 Å². The highest BCUT2D eigenvalue weighted by Gasteiger charge is 2.24. The maximum absolute atomic E-state index is 13.0. The minimum absolute atomic E-state index is 0.176. The van der Waals surface area contributed by atoms with Crippen molar-refractivity contribution in [2.75, 3.05) is 12.4 Å². The fourth-order valence-electron chi connectivity index (χ4n) is 2.34. The van der Waals surface area contributed by atoms with E-state index < -0.39 is 5.25 Å². The zero-order valence-corrected chi connectivity index (χ0v) is 15.8. The van der Waals surface area contributed by atoms with Gasteiger partial charge < -0.3 is 14.6 Å². The third-order valence-corrected chi connectivity index (χ3v) is 5.25. The number of anilines is 1. The SMILES string of the molecule is COc1ccc(NC(=O)[C@@H](Sc2nncn2C)c2ccccc2)cc1Cl. The van der Waals surface area contributed by atoms with Crippen molar-refractivity contribution in [3.8, 4) is 5.75 Å². The predicted molar refractivity (Wildman–Crippen MR) is 103 cm³/mol. The van der Waals surface area contributed by atoms with Crippen LogP contribution in [0.1, 0.15) is 10.8 Å². The number of aryl methyl sites for hydroxylation is 1. The third kappa shape index (κ3) is 4.17. The number of nitrogens with one attached hydrogen (secondary N) is 1. The molecule has 0 saturated carbocycles. The maximum Gasteiger partial charge on any atom is 0.242 e. The molecule has 1 atom stereocenters. The zero-order valence-electron chi connectivity index (χ0n) is 14.2. The minimum Gasteiger partial charge on any atom is -0.495 e. The van der Waals surface area contributed by atoms with Crippen molar-refractivity contribution in [2.24, 2.45) is 7.05 Å². The summed E-state index contributed by atoms with van der Waals surface area (Å²) in [6.07, 6.45) is 1.60. The maximum atomic E-state index is 13.0. The molecule has 0 radical (unpaired) electrons. The summed E-state index contributed by atoms with van der Waals surface area (Å²) in [6, 6.07) is 14.7. The summed E-state index contributed by atoms with van der Waals surface area (Å²) >= 11 is 7.48. The normalized spacial score (nSPS) is 11.8. The fraction of sp³-hybridized carbons (Fsp3) is 0.167. The Labute approximate surface area is 160 Å². The number of amides is 1. The smallest absolute Gasteiger partial charge is 0.242 e. The number of methoxy groups -OCH3 is 1. The number of hydrogen-bond donors (Lipinski definition) is 1. The third-order valence-electron chi connectivity index (χ3n) is 3.65. The molecule has 0 spiro atoms. The van der Waals surface area contributed by atoms with E-state index in [4.69, 9.17) is 16.3 Å². The van der Waals surface area contributed by atoms with Crippen LogP contribution in [0.2, 0.25) is 5.02 Å². The lowest BCUT2D eigenvalue weighted by Crippen LogP contribution is -2.19. The fourth-order valence-corrected chi connectivity index (χ4v) is 3.57. The van der Waals surface area contributed by atoms with E-state index in [1.54, 1.807) is 36.2 Å². The second-order valence-electron chi connectivity index (χ2n) is 5.47. The molecule has 0 fully saturated rings. The summed E-state index contributed by atoms with van der Waals surface area (Å²) in [6.45, 7) is 0. The van der Waals surface area contributed by atoms with E-state index in [1.807, 2.05) is 37.4 Å². The Morgan fingerprint density at radius 1 is 1.27 bits per heavy atom. The van der Waals surface area contributed by atoms with Gasteiger partial charge in [-0.15, -0.1) is 10.2 Å². The van der Waals surface area contributed by atoms with Crippen molar-refractivity contribution < 1.29 is 9.53 Å². The van der Waals surface area contributed by atoms with E-state index in [1.165, 1.54) is 11.8 Å². The van der Waals surface area contributed by atoms with Crippen molar-refractivity contribution in [2.45, 2.75) is 10.4 Å². The number of aromatic nitrogens is 3. The van der Waals surface area contributed by atoms with Crippen molar-refractivity contribution in [1.82, 2.24) is 14.8 Å². The van der Waals surface area contributed by atoms with E-state index in [0.717, 1.165) is 5.56 Å². The molecular formula is C18H17ClN4O2S. The van der Waals surface area contributed by atoms with Gasteiger partial charge in [0.2, 0.25) is 5.91 Å². The molecule has 6 nitrogen and oxygen atoms in total. The summed E-state index contributed by atoms with van der Waals surface area (Å²) in [5.74, 6) is 0.378. The van der Waals surface area contributed by atoms with E-state index in [9.17, 15) is 4.79 Å². The number of rotatable bonds is 6. The number of thioether (sulfide) groups is 1. The van der Waals surface area contributed by atoms with Crippen LogP contribution in [0, 0.1) is 0 Å². The Bertz CT molecular complexity index is 901. The molecular weight excluding hydrogens is 372 g/mol. The molecule has 0 aliphatic rings. The molecule has 8 heteroatoms. The zero-order chi connectivity index (χ0) is 18.5. The quantitative estimate of drug-likeness (QED) is 0.647. The first-order chi connectivity index (χ1) is 12.6. The summed E-state index contributed by atoms with van der Waals surface area (Å²) in [4.78, 5) is 13.0. The molecule has 134 valence electrons. The Morgan fingerprint density at radius 3 is 2.65 bits per heavy atom. The van der Waals surface area contributed by atoms with Gasteiger partial charge in [0.15, 0.2) is 5.16 Å². The van der Waals surface area contributed by atoms with Gasteiger partial charge in [0, 0.05) is 12.7 Å². The van der Waals surface area contributed by atoms with Crippen LogP contribution in [0.3, 0.4) is 0 Å². The molecule has 0 saturated heterocycles. The van der Waals surface area contributed by atoms with Gasteiger partial charge >= 0.3 is 0 Å². The van der Waals surface area contributed by atoms with Crippen molar-refractivity contribution in [3.63, 3.8) is 0 Å². The molecule has 0 aliphatic heterocycles. The average molecular weight is 389 g/mol. The molecule has 3 aromatic rings. The molecule has 26 heavy (non-hydrogen) atoms. The summed E-state index contributed by atoms with van der Waals surface area (Å²) in [5, 5.41) is 11.4. The first kappa shape index (κ1) is 18.3. The van der Waals surface area contributed by atoms with Gasteiger partial charge in [-0.05, 0) is 23.8 Å². The van der Waals surface area contributed by atoms with E-state index in [0.29, 0.717) is 21.6 Å². The lowest BCUT2D eigenvalue weighted by atomic mass is 10.1. The minimum atomic E-state index is -0.486. The first-order valence-corrected chi connectivity index (χ1v) is 9.04. The molecule has 1 N–H and O–H groups in total. The van der Waals surface area contributed by atoms with Crippen molar-refractivity contribution in [1.29, 1.82) is 0 Å². The number of ether oxygens (including phenoxy) is 1. The van der Waals surface area contributed by atoms with Crippen molar-refractivity contribution >= 4 is 35.0 Å². The van der Waals surface area contributed by atoms with Crippen molar-refractivity contribution in [3.05, 3.63) is 65.4 Å². The van der Waals surface area contributed by atoms with Gasteiger partial charge in [0.05, 0.1) is 12.1 Å². The van der Waals surface area contributed by atoms with Crippen LogP contribution >= 0.6 is 23.4 Å². The van der Waals surface area contributed by atoms with Crippen LogP contribution in [0.15, 0.2) is 60.0 Å². The van der Waals surface area contributed by atoms with Gasteiger partial charge in [0.1, 0.15) is 17.3 Å². The van der Waals surface area contributed by atoms with Gasteiger partial charge in [0.25, 0.3) is 0 Å². The number of carbonyl (C=O) groups excluding carboxylic acids is 1.